The van der Waals surface area contributed by atoms with Crippen molar-refractivity contribution in [1.29, 1.82) is 0 Å². The molecule has 1 fully saturated rings. The number of hydrogen-bond donors (Lipinski definition) is 3. The van der Waals surface area contributed by atoms with Gasteiger partial charge in [0.1, 0.15) is 0 Å². The van der Waals surface area contributed by atoms with Crippen LogP contribution in [-0.2, 0) is 13.0 Å². The van der Waals surface area contributed by atoms with Crippen LogP contribution < -0.4 is 11.0 Å². The molecule has 140 valence electrons. The molecule has 0 spiro atoms. The Bertz CT molecular complexity index is 1050. The van der Waals surface area contributed by atoms with Gasteiger partial charge in [-0.1, -0.05) is 12.1 Å². The number of amides is 1. The Balaban J connectivity index is 1.34. The lowest BCUT2D eigenvalue weighted by Gasteiger charge is -2.32. The van der Waals surface area contributed by atoms with Gasteiger partial charge >= 0.3 is 5.69 Å². The molecule has 3 aromatic rings. The summed E-state index contributed by atoms with van der Waals surface area (Å²) in [6, 6.07) is 7.85. The molecule has 8 heteroatoms. The first-order valence-corrected chi connectivity index (χ1v) is 9.47. The minimum absolute atomic E-state index is 0.0130. The lowest BCUT2D eigenvalue weighted by molar-refractivity contribution is 0.0687. The highest BCUT2D eigenvalue weighted by molar-refractivity contribution is 5.94. The molecule has 3 N–H and O–H groups in total. The van der Waals surface area contributed by atoms with Crippen LogP contribution >= 0.6 is 0 Å². The highest BCUT2D eigenvalue weighted by atomic mass is 16.2. The van der Waals surface area contributed by atoms with Crippen molar-refractivity contribution in [3.63, 3.8) is 0 Å². The molecule has 4 heterocycles. The van der Waals surface area contributed by atoms with E-state index in [2.05, 4.69) is 20.5 Å². The summed E-state index contributed by atoms with van der Waals surface area (Å²) in [5, 5.41) is 10.6. The second kappa shape index (κ2) is 6.38. The Morgan fingerprint density at radius 3 is 2.85 bits per heavy atom. The number of carbonyl (C=O) groups is 1. The van der Waals surface area contributed by atoms with Crippen LogP contribution in [0.5, 0.6) is 0 Å². The van der Waals surface area contributed by atoms with Crippen LogP contribution in [0.2, 0.25) is 0 Å². The van der Waals surface area contributed by atoms with Gasteiger partial charge in [-0.25, -0.2) is 4.79 Å². The average Bonchev–Trinajstić information content (AvgIpc) is 3.28. The normalized spacial score (nSPS) is 18.0. The van der Waals surface area contributed by atoms with Crippen molar-refractivity contribution in [2.75, 3.05) is 19.6 Å². The van der Waals surface area contributed by atoms with Crippen LogP contribution in [0.4, 0.5) is 0 Å². The van der Waals surface area contributed by atoms with Crippen molar-refractivity contribution < 1.29 is 4.79 Å². The largest absolute Gasteiger partial charge is 0.337 e. The lowest BCUT2D eigenvalue weighted by Crippen LogP contribution is -2.41. The zero-order valence-corrected chi connectivity index (χ0v) is 15.0. The Morgan fingerprint density at radius 1 is 1.19 bits per heavy atom. The summed E-state index contributed by atoms with van der Waals surface area (Å²) < 4.78 is 1.84. The number of H-pyrrole nitrogens is 2. The van der Waals surface area contributed by atoms with Crippen LogP contribution in [0.3, 0.4) is 0 Å². The molecular weight excluding hydrogens is 344 g/mol. The third-order valence-electron chi connectivity index (χ3n) is 5.75. The summed E-state index contributed by atoms with van der Waals surface area (Å²) in [7, 11) is 0. The molecule has 0 saturated carbocycles. The molecule has 0 unspecified atom stereocenters. The first kappa shape index (κ1) is 16.3. The molecule has 1 saturated heterocycles. The van der Waals surface area contributed by atoms with Crippen LogP contribution in [0.25, 0.3) is 11.0 Å². The monoisotopic (exact) mass is 366 g/mol. The molecule has 0 aliphatic carbocycles. The molecule has 0 bridgehead atoms. The van der Waals surface area contributed by atoms with Crippen molar-refractivity contribution in [3.05, 3.63) is 51.7 Å². The van der Waals surface area contributed by atoms with Crippen molar-refractivity contribution >= 4 is 16.9 Å². The number of benzene rings is 1. The third-order valence-corrected chi connectivity index (χ3v) is 5.75. The molecule has 2 aliphatic rings. The van der Waals surface area contributed by atoms with Crippen LogP contribution in [0.1, 0.15) is 40.6 Å². The molecule has 27 heavy (non-hydrogen) atoms. The number of aromatic amines is 2. The number of para-hydroxylation sites is 2. The van der Waals surface area contributed by atoms with Gasteiger partial charge in [0.15, 0.2) is 5.69 Å². The Kier molecular flexibility index (Phi) is 3.86. The molecular formula is C19H22N6O2. The standard InChI is InChI=1S/C19H22N6O2/c26-18(17-13-11-20-8-5-14(13)22-23-17)24-9-6-12(7-10-24)25-16-4-2-1-3-15(16)21-19(25)27/h1-4,12,20H,5-11H2,(H,21,27)(H,22,23). The summed E-state index contributed by atoms with van der Waals surface area (Å²) in [5.74, 6) is -0.0130. The number of piperidine rings is 1. The Labute approximate surface area is 155 Å². The van der Waals surface area contributed by atoms with Crippen LogP contribution in [-0.4, -0.2) is 50.2 Å². The molecule has 2 aliphatic heterocycles. The van der Waals surface area contributed by atoms with E-state index in [1.807, 2.05) is 33.7 Å². The highest BCUT2D eigenvalue weighted by Crippen LogP contribution is 2.26. The van der Waals surface area contributed by atoms with E-state index in [-0.39, 0.29) is 17.6 Å². The Hall–Kier alpha value is -2.87. The van der Waals surface area contributed by atoms with Gasteiger partial charge in [-0.05, 0) is 25.0 Å². The summed E-state index contributed by atoms with van der Waals surface area (Å²) in [6.45, 7) is 2.86. The predicted octanol–water partition coefficient (Wildman–Crippen LogP) is 1.18. The number of hydrogen-bond acceptors (Lipinski definition) is 4. The van der Waals surface area contributed by atoms with E-state index in [0.29, 0.717) is 25.3 Å². The zero-order valence-electron chi connectivity index (χ0n) is 15.0. The van der Waals surface area contributed by atoms with E-state index in [1.165, 1.54) is 0 Å². The predicted molar refractivity (Wildman–Crippen MR) is 101 cm³/mol. The Morgan fingerprint density at radius 2 is 2.00 bits per heavy atom. The maximum atomic E-state index is 12.9. The minimum Gasteiger partial charge on any atom is -0.337 e. The first-order valence-electron chi connectivity index (χ1n) is 9.47. The number of fused-ring (bicyclic) bond motifs is 2. The number of imidazole rings is 1. The van der Waals surface area contributed by atoms with Gasteiger partial charge < -0.3 is 15.2 Å². The van der Waals surface area contributed by atoms with Crippen LogP contribution in [0, 0.1) is 0 Å². The summed E-state index contributed by atoms with van der Waals surface area (Å²) in [5.41, 5.74) is 4.32. The molecule has 0 radical (unpaired) electrons. The zero-order chi connectivity index (χ0) is 18.4. The highest BCUT2D eigenvalue weighted by Gasteiger charge is 2.30. The van der Waals surface area contributed by atoms with Crippen LogP contribution in [0.15, 0.2) is 29.1 Å². The number of carbonyl (C=O) groups excluding carboxylic acids is 1. The fourth-order valence-corrected chi connectivity index (χ4v) is 4.32. The molecule has 1 aromatic carbocycles. The van der Waals surface area contributed by atoms with E-state index >= 15 is 0 Å². The molecule has 5 rings (SSSR count). The molecule has 0 atom stereocenters. The van der Waals surface area contributed by atoms with Gasteiger partial charge in [0, 0.05) is 49.9 Å². The van der Waals surface area contributed by atoms with E-state index in [9.17, 15) is 9.59 Å². The van der Waals surface area contributed by atoms with Gasteiger partial charge in [0.2, 0.25) is 0 Å². The number of likely N-dealkylation sites (tertiary alicyclic amines) is 1. The second-order valence-electron chi connectivity index (χ2n) is 7.30. The average molecular weight is 366 g/mol. The summed E-state index contributed by atoms with van der Waals surface area (Å²) in [6.07, 6.45) is 2.40. The maximum Gasteiger partial charge on any atom is 0.326 e. The number of nitrogens with zero attached hydrogens (tertiary/aromatic N) is 3. The molecule has 1 amide bonds. The van der Waals surface area contributed by atoms with E-state index in [4.69, 9.17) is 0 Å². The van der Waals surface area contributed by atoms with Gasteiger partial charge in [-0.2, -0.15) is 5.10 Å². The second-order valence-corrected chi connectivity index (χ2v) is 7.30. The number of rotatable bonds is 2. The first-order chi connectivity index (χ1) is 13.2. The van der Waals surface area contributed by atoms with Gasteiger partial charge in [0.05, 0.1) is 11.0 Å². The van der Waals surface area contributed by atoms with E-state index < -0.39 is 0 Å². The van der Waals surface area contributed by atoms with Gasteiger partial charge in [-0.3, -0.25) is 14.5 Å². The topological polar surface area (TPSA) is 98.8 Å². The van der Waals surface area contributed by atoms with Gasteiger partial charge in [0.25, 0.3) is 5.91 Å². The summed E-state index contributed by atoms with van der Waals surface area (Å²) in [4.78, 5) is 30.1. The fourth-order valence-electron chi connectivity index (χ4n) is 4.32. The third kappa shape index (κ3) is 2.68. The smallest absolute Gasteiger partial charge is 0.326 e. The lowest BCUT2D eigenvalue weighted by atomic mass is 10.0. The quantitative estimate of drug-likeness (QED) is 0.634. The fraction of sp³-hybridized carbons (Fsp3) is 0.421. The van der Waals surface area contributed by atoms with Crippen molar-refractivity contribution in [2.24, 2.45) is 0 Å². The van der Waals surface area contributed by atoms with E-state index in [0.717, 1.165) is 48.1 Å². The summed E-state index contributed by atoms with van der Waals surface area (Å²) >= 11 is 0. The van der Waals surface area contributed by atoms with Crippen molar-refractivity contribution in [1.82, 2.24) is 30.0 Å². The number of aromatic nitrogens is 4. The van der Waals surface area contributed by atoms with Crippen molar-refractivity contribution in [2.45, 2.75) is 31.8 Å². The number of nitrogens with one attached hydrogen (secondary N) is 3. The molecule has 2 aromatic heterocycles. The van der Waals surface area contributed by atoms with E-state index in [1.54, 1.807) is 0 Å². The SMILES string of the molecule is O=C(c1n[nH]c2c1CNCC2)N1CCC(n2c(=O)[nH]c3ccccc32)CC1. The van der Waals surface area contributed by atoms with Crippen molar-refractivity contribution in [3.8, 4) is 0 Å². The van der Waals surface area contributed by atoms with Gasteiger partial charge in [-0.15, -0.1) is 0 Å². The molecule has 8 nitrogen and oxygen atoms in total. The maximum absolute atomic E-state index is 12.9. The minimum atomic E-state index is -0.0755.